The van der Waals surface area contributed by atoms with Crippen molar-refractivity contribution in [3.63, 3.8) is 0 Å². The number of esters is 1. The van der Waals surface area contributed by atoms with Gasteiger partial charge in [0.15, 0.2) is 6.61 Å². The molecule has 6 nitrogen and oxygen atoms in total. The van der Waals surface area contributed by atoms with Gasteiger partial charge in [-0.15, -0.1) is 0 Å². The topological polar surface area (TPSA) is 71.5 Å². The summed E-state index contributed by atoms with van der Waals surface area (Å²) < 4.78 is 5.45. The van der Waals surface area contributed by atoms with Gasteiger partial charge in [-0.25, -0.2) is 9.78 Å². The number of hydrogen-bond donors (Lipinski definition) is 1. The summed E-state index contributed by atoms with van der Waals surface area (Å²) in [6.45, 7) is 1.43. The lowest BCUT2D eigenvalue weighted by Gasteiger charge is -2.26. The number of aryl methyl sites for hydroxylation is 1. The van der Waals surface area contributed by atoms with Crippen LogP contribution < -0.4 is 10.2 Å². The van der Waals surface area contributed by atoms with Crippen LogP contribution in [-0.2, 0) is 16.0 Å². The van der Waals surface area contributed by atoms with E-state index in [1.165, 1.54) is 5.56 Å². The first-order valence-corrected chi connectivity index (χ1v) is 11.4. The van der Waals surface area contributed by atoms with Gasteiger partial charge in [0.2, 0.25) is 0 Å². The minimum absolute atomic E-state index is 0.0337. The van der Waals surface area contributed by atoms with Crippen molar-refractivity contribution in [3.8, 4) is 0 Å². The SMILES string of the molecule is O=C(COC(=O)c1cc2ccccc2nc1N1CCCC1)NC1CCCc2ccccc21. The Morgan fingerprint density at radius 2 is 1.81 bits per heavy atom. The molecule has 1 aliphatic carbocycles. The second kappa shape index (κ2) is 8.99. The average molecular weight is 430 g/mol. The zero-order valence-electron chi connectivity index (χ0n) is 18.0. The molecule has 6 heteroatoms. The largest absolute Gasteiger partial charge is 0.452 e. The van der Waals surface area contributed by atoms with E-state index >= 15 is 0 Å². The molecule has 5 rings (SSSR count). The fraction of sp³-hybridized carbons (Fsp3) is 0.346. The number of hydrogen-bond acceptors (Lipinski definition) is 5. The van der Waals surface area contributed by atoms with Crippen LogP contribution in [0.2, 0.25) is 0 Å². The van der Waals surface area contributed by atoms with Crippen LogP contribution in [0.15, 0.2) is 54.6 Å². The Balaban J connectivity index is 1.30. The third-order valence-electron chi connectivity index (χ3n) is 6.37. The van der Waals surface area contributed by atoms with Gasteiger partial charge in [0, 0.05) is 18.5 Å². The van der Waals surface area contributed by atoms with Gasteiger partial charge in [0.05, 0.1) is 11.6 Å². The predicted octanol–water partition coefficient (Wildman–Crippen LogP) is 4.19. The van der Waals surface area contributed by atoms with Crippen LogP contribution in [0, 0.1) is 0 Å². The first-order chi connectivity index (χ1) is 15.7. The number of rotatable bonds is 5. The molecular formula is C26H27N3O3. The van der Waals surface area contributed by atoms with Gasteiger partial charge in [-0.2, -0.15) is 0 Å². The molecule has 1 fully saturated rings. The van der Waals surface area contributed by atoms with Gasteiger partial charge in [0.25, 0.3) is 5.91 Å². The lowest BCUT2D eigenvalue weighted by atomic mass is 9.88. The number of anilines is 1. The molecule has 0 spiro atoms. The lowest BCUT2D eigenvalue weighted by Crippen LogP contribution is -2.34. The zero-order valence-corrected chi connectivity index (χ0v) is 18.0. The molecule has 1 amide bonds. The standard InChI is InChI=1S/C26H27N3O3/c30-24(27-23-13-7-10-18-8-1-3-11-20(18)23)17-32-26(31)21-16-19-9-2-4-12-22(19)28-25(21)29-14-5-6-15-29/h1-4,8-9,11-12,16,23H,5-7,10,13-15,17H2,(H,27,30). The Kier molecular flexibility index (Phi) is 5.75. The fourth-order valence-electron chi connectivity index (χ4n) is 4.77. The van der Waals surface area contributed by atoms with Crippen molar-refractivity contribution in [2.75, 3.05) is 24.6 Å². The summed E-state index contributed by atoms with van der Waals surface area (Å²) in [6.07, 6.45) is 5.11. The molecule has 1 aromatic heterocycles. The first kappa shape index (κ1) is 20.5. The van der Waals surface area contributed by atoms with Crippen molar-refractivity contribution in [1.82, 2.24) is 10.3 Å². The maximum atomic E-state index is 13.0. The van der Waals surface area contributed by atoms with E-state index in [4.69, 9.17) is 9.72 Å². The number of nitrogens with zero attached hydrogens (tertiary/aromatic N) is 2. The molecule has 1 atom stereocenters. The van der Waals surface area contributed by atoms with Crippen molar-refractivity contribution in [3.05, 3.63) is 71.3 Å². The summed E-state index contributed by atoms with van der Waals surface area (Å²) in [5.74, 6) is -0.145. The van der Waals surface area contributed by atoms with Crippen LogP contribution in [0.4, 0.5) is 5.82 Å². The summed E-state index contributed by atoms with van der Waals surface area (Å²) in [7, 11) is 0. The fourth-order valence-corrected chi connectivity index (χ4v) is 4.77. The van der Waals surface area contributed by atoms with E-state index in [-0.39, 0.29) is 18.6 Å². The molecule has 0 bridgehead atoms. The number of benzene rings is 2. The quantitative estimate of drug-likeness (QED) is 0.616. The molecule has 2 aliphatic rings. The predicted molar refractivity (Wildman–Crippen MR) is 124 cm³/mol. The number of para-hydroxylation sites is 1. The number of ether oxygens (including phenoxy) is 1. The first-order valence-electron chi connectivity index (χ1n) is 11.4. The number of fused-ring (bicyclic) bond motifs is 2. The molecule has 1 saturated heterocycles. The van der Waals surface area contributed by atoms with Gasteiger partial charge in [0.1, 0.15) is 11.4 Å². The highest BCUT2D eigenvalue weighted by Gasteiger charge is 2.25. The van der Waals surface area contributed by atoms with Crippen LogP contribution in [-0.4, -0.2) is 36.6 Å². The van der Waals surface area contributed by atoms with E-state index in [1.807, 2.05) is 42.5 Å². The Hall–Kier alpha value is -3.41. The Bertz CT molecular complexity index is 1150. The summed E-state index contributed by atoms with van der Waals surface area (Å²) in [5, 5.41) is 3.92. The molecule has 3 aromatic rings. The molecule has 0 radical (unpaired) electrons. The third-order valence-corrected chi connectivity index (χ3v) is 6.37. The molecular weight excluding hydrogens is 402 g/mol. The molecule has 2 aromatic carbocycles. The summed E-state index contributed by atoms with van der Waals surface area (Å²) in [4.78, 5) is 32.5. The molecule has 2 heterocycles. The van der Waals surface area contributed by atoms with Crippen LogP contribution in [0.1, 0.15) is 53.2 Å². The smallest absolute Gasteiger partial charge is 0.342 e. The second-order valence-corrected chi connectivity index (χ2v) is 8.53. The normalized spacial score (nSPS) is 17.8. The van der Waals surface area contributed by atoms with Crippen molar-refractivity contribution in [2.24, 2.45) is 0 Å². The Labute approximate surface area is 187 Å². The maximum Gasteiger partial charge on any atom is 0.342 e. The van der Waals surface area contributed by atoms with Crippen molar-refractivity contribution >= 4 is 28.6 Å². The Morgan fingerprint density at radius 3 is 2.69 bits per heavy atom. The molecule has 1 aliphatic heterocycles. The highest BCUT2D eigenvalue weighted by molar-refractivity contribution is 6.00. The van der Waals surface area contributed by atoms with Crippen LogP contribution in [0.25, 0.3) is 10.9 Å². The number of pyridine rings is 1. The Morgan fingerprint density at radius 1 is 1.03 bits per heavy atom. The molecule has 1 N–H and O–H groups in total. The van der Waals surface area contributed by atoms with E-state index in [0.717, 1.165) is 61.7 Å². The van der Waals surface area contributed by atoms with E-state index < -0.39 is 5.97 Å². The second-order valence-electron chi connectivity index (χ2n) is 8.53. The van der Waals surface area contributed by atoms with Crippen molar-refractivity contribution in [2.45, 2.75) is 38.1 Å². The average Bonchev–Trinajstić information content (AvgIpc) is 3.37. The van der Waals surface area contributed by atoms with Gasteiger partial charge in [-0.05, 0) is 55.4 Å². The minimum Gasteiger partial charge on any atom is -0.452 e. The number of carbonyl (C=O) groups is 2. The highest BCUT2D eigenvalue weighted by Crippen LogP contribution is 2.30. The van der Waals surface area contributed by atoms with Crippen LogP contribution >= 0.6 is 0 Å². The van der Waals surface area contributed by atoms with Crippen molar-refractivity contribution < 1.29 is 14.3 Å². The van der Waals surface area contributed by atoms with E-state index in [9.17, 15) is 9.59 Å². The van der Waals surface area contributed by atoms with E-state index in [0.29, 0.717) is 11.4 Å². The highest BCUT2D eigenvalue weighted by atomic mass is 16.5. The summed E-state index contributed by atoms with van der Waals surface area (Å²) in [6, 6.07) is 17.7. The molecule has 164 valence electrons. The molecule has 0 saturated carbocycles. The minimum atomic E-state index is -0.510. The number of aromatic nitrogens is 1. The zero-order chi connectivity index (χ0) is 21.9. The van der Waals surface area contributed by atoms with Gasteiger partial charge in [-0.1, -0.05) is 42.5 Å². The van der Waals surface area contributed by atoms with E-state index in [2.05, 4.69) is 22.3 Å². The molecule has 1 unspecified atom stereocenters. The van der Waals surface area contributed by atoms with E-state index in [1.54, 1.807) is 0 Å². The number of amides is 1. The third kappa shape index (κ3) is 4.17. The van der Waals surface area contributed by atoms with Gasteiger partial charge < -0.3 is 15.0 Å². The molecule has 32 heavy (non-hydrogen) atoms. The summed E-state index contributed by atoms with van der Waals surface area (Å²) in [5.41, 5.74) is 3.70. The van der Waals surface area contributed by atoms with Crippen molar-refractivity contribution in [1.29, 1.82) is 0 Å². The van der Waals surface area contributed by atoms with Crippen LogP contribution in [0.3, 0.4) is 0 Å². The monoisotopic (exact) mass is 429 g/mol. The van der Waals surface area contributed by atoms with Gasteiger partial charge in [-0.3, -0.25) is 4.79 Å². The van der Waals surface area contributed by atoms with Gasteiger partial charge >= 0.3 is 5.97 Å². The number of nitrogens with one attached hydrogen (secondary N) is 1. The lowest BCUT2D eigenvalue weighted by molar-refractivity contribution is -0.125. The van der Waals surface area contributed by atoms with Crippen LogP contribution in [0.5, 0.6) is 0 Å². The summed E-state index contributed by atoms with van der Waals surface area (Å²) >= 11 is 0. The maximum absolute atomic E-state index is 13.0. The number of carbonyl (C=O) groups excluding carboxylic acids is 2.